The van der Waals surface area contributed by atoms with E-state index in [0.717, 1.165) is 16.9 Å². The van der Waals surface area contributed by atoms with E-state index < -0.39 is 10.0 Å². The van der Waals surface area contributed by atoms with Crippen LogP contribution in [0.2, 0.25) is 0 Å². The van der Waals surface area contributed by atoms with E-state index in [0.29, 0.717) is 12.2 Å². The summed E-state index contributed by atoms with van der Waals surface area (Å²) in [5.41, 5.74) is 2.34. The van der Waals surface area contributed by atoms with Crippen LogP contribution in [-0.4, -0.2) is 21.2 Å². The molecule has 0 saturated heterocycles. The average molecular weight is 332 g/mol. The zero-order chi connectivity index (χ0) is 16.9. The maximum Gasteiger partial charge on any atom is 0.276 e. The second-order valence-electron chi connectivity index (χ2n) is 5.12. The predicted octanol–water partition coefficient (Wildman–Crippen LogP) is 3.01. The van der Waals surface area contributed by atoms with Crippen LogP contribution < -0.4 is 9.57 Å². The SMILES string of the molecule is CCOc1ccc(/C=N\NS(=O)(=O)c2cc(C)ccc2C)cc1. The van der Waals surface area contributed by atoms with Gasteiger partial charge in [-0.1, -0.05) is 12.1 Å². The predicted molar refractivity (Wildman–Crippen MR) is 91.4 cm³/mol. The number of nitrogens with zero attached hydrogens (tertiary/aromatic N) is 1. The van der Waals surface area contributed by atoms with Crippen molar-refractivity contribution >= 4 is 16.2 Å². The summed E-state index contributed by atoms with van der Waals surface area (Å²) in [6, 6.07) is 12.5. The number of hydrogen-bond donors (Lipinski definition) is 1. The van der Waals surface area contributed by atoms with Crippen LogP contribution in [0, 0.1) is 13.8 Å². The summed E-state index contributed by atoms with van der Waals surface area (Å²) in [4.78, 5) is 2.48. The molecule has 0 fully saturated rings. The van der Waals surface area contributed by atoms with Crippen molar-refractivity contribution in [3.63, 3.8) is 0 Å². The maximum atomic E-state index is 12.3. The number of hydrazone groups is 1. The van der Waals surface area contributed by atoms with Crippen molar-refractivity contribution < 1.29 is 13.2 Å². The lowest BCUT2D eigenvalue weighted by Gasteiger charge is -2.07. The van der Waals surface area contributed by atoms with Gasteiger partial charge in [-0.2, -0.15) is 13.5 Å². The Kier molecular flexibility index (Phi) is 5.39. The van der Waals surface area contributed by atoms with Gasteiger partial charge in [0.05, 0.1) is 17.7 Å². The number of sulfonamides is 1. The number of aryl methyl sites for hydroxylation is 2. The molecule has 2 aromatic carbocycles. The third-order valence-electron chi connectivity index (χ3n) is 3.21. The molecule has 1 N–H and O–H groups in total. The van der Waals surface area contributed by atoms with Crippen LogP contribution in [0.1, 0.15) is 23.6 Å². The number of benzene rings is 2. The number of hydrogen-bond acceptors (Lipinski definition) is 4. The van der Waals surface area contributed by atoms with E-state index in [1.807, 2.05) is 32.0 Å². The summed E-state index contributed by atoms with van der Waals surface area (Å²) in [5.74, 6) is 0.764. The number of rotatable bonds is 6. The summed E-state index contributed by atoms with van der Waals surface area (Å²) in [6.07, 6.45) is 1.46. The molecule has 0 aliphatic heterocycles. The molecule has 2 aromatic rings. The number of nitrogens with one attached hydrogen (secondary N) is 1. The van der Waals surface area contributed by atoms with E-state index in [-0.39, 0.29) is 4.90 Å². The van der Waals surface area contributed by atoms with Crippen LogP contribution in [0.3, 0.4) is 0 Å². The van der Waals surface area contributed by atoms with Crippen molar-refractivity contribution in [2.75, 3.05) is 6.61 Å². The van der Waals surface area contributed by atoms with Crippen molar-refractivity contribution in [1.82, 2.24) is 4.83 Å². The molecule has 0 heterocycles. The molecule has 0 aromatic heterocycles. The summed E-state index contributed by atoms with van der Waals surface area (Å²) in [6.45, 7) is 6.12. The fraction of sp³-hybridized carbons (Fsp3) is 0.235. The van der Waals surface area contributed by atoms with Gasteiger partial charge in [0.1, 0.15) is 5.75 Å². The highest BCUT2D eigenvalue weighted by atomic mass is 32.2. The minimum atomic E-state index is -3.67. The standard InChI is InChI=1S/C17H20N2O3S/c1-4-22-16-9-7-15(8-10-16)12-18-19-23(20,21)17-11-13(2)5-6-14(17)3/h5-12,19H,4H2,1-3H3/b18-12-. The molecule has 0 aliphatic rings. The lowest BCUT2D eigenvalue weighted by atomic mass is 10.2. The molecule has 5 nitrogen and oxygen atoms in total. The molecule has 0 unspecified atom stereocenters. The highest BCUT2D eigenvalue weighted by Crippen LogP contribution is 2.16. The summed E-state index contributed by atoms with van der Waals surface area (Å²) in [5, 5.41) is 3.83. The van der Waals surface area contributed by atoms with E-state index in [1.54, 1.807) is 31.2 Å². The van der Waals surface area contributed by atoms with Crippen molar-refractivity contribution in [2.24, 2.45) is 5.10 Å². The molecule has 2 rings (SSSR count). The van der Waals surface area contributed by atoms with Gasteiger partial charge >= 0.3 is 0 Å². The number of ether oxygens (including phenoxy) is 1. The Morgan fingerprint density at radius 1 is 1.13 bits per heavy atom. The van der Waals surface area contributed by atoms with Crippen LogP contribution in [0.4, 0.5) is 0 Å². The van der Waals surface area contributed by atoms with E-state index in [4.69, 9.17) is 4.74 Å². The highest BCUT2D eigenvalue weighted by molar-refractivity contribution is 7.89. The summed E-state index contributed by atoms with van der Waals surface area (Å²) >= 11 is 0. The molecular weight excluding hydrogens is 312 g/mol. The van der Waals surface area contributed by atoms with Gasteiger partial charge in [0.2, 0.25) is 0 Å². The normalized spacial score (nSPS) is 11.6. The smallest absolute Gasteiger partial charge is 0.276 e. The molecule has 0 radical (unpaired) electrons. The van der Waals surface area contributed by atoms with Crippen LogP contribution >= 0.6 is 0 Å². The molecule has 23 heavy (non-hydrogen) atoms. The fourth-order valence-corrected chi connectivity index (χ4v) is 3.16. The van der Waals surface area contributed by atoms with Gasteiger partial charge in [0, 0.05) is 0 Å². The minimum Gasteiger partial charge on any atom is -0.494 e. The molecule has 0 aliphatic carbocycles. The third-order valence-corrected chi connectivity index (χ3v) is 4.58. The Labute approximate surface area is 137 Å². The second kappa shape index (κ2) is 7.28. The first-order valence-corrected chi connectivity index (χ1v) is 8.75. The van der Waals surface area contributed by atoms with Crippen molar-refractivity contribution in [2.45, 2.75) is 25.7 Å². The van der Waals surface area contributed by atoms with Gasteiger partial charge in [0.15, 0.2) is 0 Å². The topological polar surface area (TPSA) is 67.8 Å². The lowest BCUT2D eigenvalue weighted by Crippen LogP contribution is -2.19. The quantitative estimate of drug-likeness (QED) is 0.653. The van der Waals surface area contributed by atoms with Crippen molar-refractivity contribution in [3.8, 4) is 5.75 Å². The monoisotopic (exact) mass is 332 g/mol. The van der Waals surface area contributed by atoms with Gasteiger partial charge < -0.3 is 4.74 Å². The lowest BCUT2D eigenvalue weighted by molar-refractivity contribution is 0.340. The summed E-state index contributed by atoms with van der Waals surface area (Å²) in [7, 11) is -3.67. The first kappa shape index (κ1) is 17.0. The van der Waals surface area contributed by atoms with Crippen LogP contribution in [0.5, 0.6) is 5.75 Å². The fourth-order valence-electron chi connectivity index (χ4n) is 2.03. The highest BCUT2D eigenvalue weighted by Gasteiger charge is 2.15. The molecular formula is C17H20N2O3S. The van der Waals surface area contributed by atoms with E-state index in [2.05, 4.69) is 9.93 Å². The van der Waals surface area contributed by atoms with E-state index in [9.17, 15) is 8.42 Å². The zero-order valence-electron chi connectivity index (χ0n) is 13.4. The molecule has 122 valence electrons. The molecule has 0 bridgehead atoms. The van der Waals surface area contributed by atoms with Gasteiger partial charge in [-0.15, -0.1) is 0 Å². The van der Waals surface area contributed by atoms with Crippen molar-refractivity contribution in [3.05, 3.63) is 59.2 Å². The van der Waals surface area contributed by atoms with E-state index in [1.165, 1.54) is 6.21 Å². The van der Waals surface area contributed by atoms with Gasteiger partial charge in [-0.3, -0.25) is 0 Å². The van der Waals surface area contributed by atoms with Gasteiger partial charge in [0.25, 0.3) is 10.0 Å². The molecule has 0 amide bonds. The molecule has 0 spiro atoms. The Hall–Kier alpha value is -2.34. The minimum absolute atomic E-state index is 0.237. The van der Waals surface area contributed by atoms with E-state index >= 15 is 0 Å². The first-order chi connectivity index (χ1) is 10.9. The maximum absolute atomic E-state index is 12.3. The van der Waals surface area contributed by atoms with Crippen LogP contribution in [0.25, 0.3) is 0 Å². The van der Waals surface area contributed by atoms with Crippen LogP contribution in [-0.2, 0) is 10.0 Å². The first-order valence-electron chi connectivity index (χ1n) is 7.27. The summed E-state index contributed by atoms with van der Waals surface area (Å²) < 4.78 is 29.9. The Balaban J connectivity index is 2.10. The Morgan fingerprint density at radius 2 is 1.83 bits per heavy atom. The molecule has 0 saturated carbocycles. The van der Waals surface area contributed by atoms with Crippen molar-refractivity contribution in [1.29, 1.82) is 0 Å². The van der Waals surface area contributed by atoms with Gasteiger partial charge in [-0.05, 0) is 67.8 Å². The van der Waals surface area contributed by atoms with Gasteiger partial charge in [-0.25, -0.2) is 4.83 Å². The third kappa shape index (κ3) is 4.56. The molecule has 6 heteroatoms. The Morgan fingerprint density at radius 3 is 2.48 bits per heavy atom. The largest absolute Gasteiger partial charge is 0.494 e. The zero-order valence-corrected chi connectivity index (χ0v) is 14.2. The average Bonchev–Trinajstić information content (AvgIpc) is 2.51. The van der Waals surface area contributed by atoms with Crippen LogP contribution in [0.15, 0.2) is 52.5 Å². The Bertz CT molecular complexity index is 797. The molecule has 0 atom stereocenters. The second-order valence-corrected chi connectivity index (χ2v) is 6.75.